The number of carbonyl (C=O) groups excluding carboxylic acids is 1. The molecular formula is C19H18N4O3S. The molecule has 1 amide bonds. The fourth-order valence-electron chi connectivity index (χ4n) is 3.28. The molecule has 2 aromatic carbocycles. The van der Waals surface area contributed by atoms with Crippen molar-refractivity contribution in [1.29, 1.82) is 0 Å². The van der Waals surface area contributed by atoms with Crippen LogP contribution in [-0.2, 0) is 11.2 Å². The molecule has 1 aliphatic rings. The van der Waals surface area contributed by atoms with Gasteiger partial charge >= 0.3 is 0 Å². The SMILES string of the molecule is CC(C)c1cc(-c2nnc(S)n2-c2ccc3c(c2)CC(=O)N3)c(O)cc1O. The largest absolute Gasteiger partial charge is 0.508 e. The second-order valence-electron chi connectivity index (χ2n) is 6.81. The summed E-state index contributed by atoms with van der Waals surface area (Å²) < 4.78 is 1.70. The molecule has 1 aromatic heterocycles. The van der Waals surface area contributed by atoms with Crippen molar-refractivity contribution < 1.29 is 15.0 Å². The Morgan fingerprint density at radius 2 is 1.93 bits per heavy atom. The summed E-state index contributed by atoms with van der Waals surface area (Å²) in [6.07, 6.45) is 0.310. The highest BCUT2D eigenvalue weighted by Gasteiger charge is 2.22. The third-order valence-electron chi connectivity index (χ3n) is 4.63. The average molecular weight is 382 g/mol. The zero-order valence-corrected chi connectivity index (χ0v) is 15.7. The molecule has 4 rings (SSSR count). The van der Waals surface area contributed by atoms with E-state index in [2.05, 4.69) is 28.1 Å². The van der Waals surface area contributed by atoms with Crippen molar-refractivity contribution in [2.24, 2.45) is 0 Å². The Balaban J connectivity index is 1.88. The third kappa shape index (κ3) is 2.91. The van der Waals surface area contributed by atoms with Gasteiger partial charge in [-0.2, -0.15) is 0 Å². The number of hydrogen-bond donors (Lipinski definition) is 4. The van der Waals surface area contributed by atoms with E-state index in [4.69, 9.17) is 0 Å². The Morgan fingerprint density at radius 3 is 2.67 bits per heavy atom. The molecule has 0 saturated heterocycles. The summed E-state index contributed by atoms with van der Waals surface area (Å²) in [4.78, 5) is 11.6. The number of hydrogen-bond acceptors (Lipinski definition) is 6. The lowest BCUT2D eigenvalue weighted by molar-refractivity contribution is -0.115. The van der Waals surface area contributed by atoms with Crippen molar-refractivity contribution in [1.82, 2.24) is 14.8 Å². The van der Waals surface area contributed by atoms with E-state index in [-0.39, 0.29) is 23.3 Å². The minimum Gasteiger partial charge on any atom is -0.508 e. The van der Waals surface area contributed by atoms with E-state index in [1.165, 1.54) is 6.07 Å². The predicted octanol–water partition coefficient (Wildman–Crippen LogP) is 3.25. The molecule has 0 atom stereocenters. The van der Waals surface area contributed by atoms with E-state index in [1.54, 1.807) is 10.6 Å². The van der Waals surface area contributed by atoms with E-state index in [9.17, 15) is 15.0 Å². The molecule has 2 heterocycles. The zero-order chi connectivity index (χ0) is 19.3. The predicted molar refractivity (Wildman–Crippen MR) is 104 cm³/mol. The van der Waals surface area contributed by atoms with Crippen LogP contribution in [0, 0.1) is 0 Å². The van der Waals surface area contributed by atoms with Crippen LogP contribution in [0.25, 0.3) is 17.1 Å². The smallest absolute Gasteiger partial charge is 0.228 e. The van der Waals surface area contributed by atoms with Crippen molar-refractivity contribution in [2.75, 3.05) is 5.32 Å². The Kier molecular flexibility index (Phi) is 4.07. The van der Waals surface area contributed by atoms with Crippen LogP contribution in [0.15, 0.2) is 35.5 Å². The summed E-state index contributed by atoms with van der Waals surface area (Å²) in [6, 6.07) is 8.55. The third-order valence-corrected chi connectivity index (χ3v) is 4.92. The van der Waals surface area contributed by atoms with Gasteiger partial charge in [-0.05, 0) is 41.3 Å². The van der Waals surface area contributed by atoms with Crippen molar-refractivity contribution in [3.63, 3.8) is 0 Å². The number of fused-ring (bicyclic) bond motifs is 1. The number of nitrogens with one attached hydrogen (secondary N) is 1. The maximum absolute atomic E-state index is 11.6. The highest BCUT2D eigenvalue weighted by atomic mass is 32.1. The molecule has 0 radical (unpaired) electrons. The molecule has 27 heavy (non-hydrogen) atoms. The summed E-state index contributed by atoms with van der Waals surface area (Å²) >= 11 is 4.40. The first kappa shape index (κ1) is 17.4. The van der Waals surface area contributed by atoms with Crippen LogP contribution in [-0.4, -0.2) is 30.9 Å². The molecule has 0 bridgehead atoms. The van der Waals surface area contributed by atoms with Gasteiger partial charge in [0.25, 0.3) is 0 Å². The summed E-state index contributed by atoms with van der Waals surface area (Å²) in [6.45, 7) is 3.91. The lowest BCUT2D eigenvalue weighted by Crippen LogP contribution is -2.03. The fourth-order valence-corrected chi connectivity index (χ4v) is 3.53. The van der Waals surface area contributed by atoms with Gasteiger partial charge < -0.3 is 15.5 Å². The molecule has 0 saturated carbocycles. The van der Waals surface area contributed by atoms with Crippen LogP contribution in [0.3, 0.4) is 0 Å². The number of anilines is 1. The second-order valence-corrected chi connectivity index (χ2v) is 7.21. The van der Waals surface area contributed by atoms with Crippen molar-refractivity contribution in [3.05, 3.63) is 41.5 Å². The van der Waals surface area contributed by atoms with Gasteiger partial charge in [-0.3, -0.25) is 9.36 Å². The van der Waals surface area contributed by atoms with Gasteiger partial charge in [0, 0.05) is 11.8 Å². The number of nitrogens with zero attached hydrogens (tertiary/aromatic N) is 3. The first-order valence-electron chi connectivity index (χ1n) is 8.49. The maximum Gasteiger partial charge on any atom is 0.228 e. The van der Waals surface area contributed by atoms with E-state index in [1.807, 2.05) is 32.0 Å². The van der Waals surface area contributed by atoms with Gasteiger partial charge in [-0.1, -0.05) is 13.8 Å². The Bertz CT molecular complexity index is 1080. The van der Waals surface area contributed by atoms with Crippen LogP contribution >= 0.6 is 12.6 Å². The number of benzene rings is 2. The van der Waals surface area contributed by atoms with Crippen molar-refractivity contribution in [3.8, 4) is 28.6 Å². The topological polar surface area (TPSA) is 100 Å². The highest BCUT2D eigenvalue weighted by molar-refractivity contribution is 7.80. The first-order valence-corrected chi connectivity index (χ1v) is 8.93. The van der Waals surface area contributed by atoms with Crippen LogP contribution in [0.1, 0.15) is 30.9 Å². The quantitative estimate of drug-likeness (QED) is 0.521. The maximum atomic E-state index is 11.6. The van der Waals surface area contributed by atoms with Crippen LogP contribution in [0.4, 0.5) is 5.69 Å². The summed E-state index contributed by atoms with van der Waals surface area (Å²) in [5.41, 5.74) is 3.53. The number of rotatable bonds is 3. The Labute approximate surface area is 161 Å². The summed E-state index contributed by atoms with van der Waals surface area (Å²) in [5, 5.41) is 31.9. The van der Waals surface area contributed by atoms with E-state index in [0.29, 0.717) is 28.5 Å². The highest BCUT2D eigenvalue weighted by Crippen LogP contribution is 2.38. The van der Waals surface area contributed by atoms with Crippen molar-refractivity contribution in [2.45, 2.75) is 31.3 Å². The molecule has 138 valence electrons. The summed E-state index contributed by atoms with van der Waals surface area (Å²) in [5.74, 6) is 0.349. The molecule has 8 heteroatoms. The molecule has 3 aromatic rings. The number of phenolic OH excluding ortho intramolecular Hbond substituents is 2. The molecule has 0 spiro atoms. The van der Waals surface area contributed by atoms with Gasteiger partial charge in [0.15, 0.2) is 11.0 Å². The lowest BCUT2D eigenvalue weighted by atomic mass is 9.98. The number of thiol groups is 1. The number of aromatic hydroxyl groups is 2. The van der Waals surface area contributed by atoms with Gasteiger partial charge in [-0.15, -0.1) is 22.8 Å². The lowest BCUT2D eigenvalue weighted by Gasteiger charge is -2.14. The number of amides is 1. The standard InChI is InChI=1S/C19H18N4O3S/c1-9(2)12-7-13(16(25)8-15(12)24)18-21-22-19(27)23(18)11-3-4-14-10(5-11)6-17(26)20-14/h3-5,7-9,24-25H,6H2,1-2H3,(H,20,26)(H,22,27). The number of phenols is 2. The molecule has 1 aliphatic heterocycles. The van der Waals surface area contributed by atoms with E-state index in [0.717, 1.165) is 16.9 Å². The Hall–Kier alpha value is -3.00. The zero-order valence-electron chi connectivity index (χ0n) is 14.8. The molecule has 0 aliphatic carbocycles. The molecule has 0 fully saturated rings. The normalized spacial score (nSPS) is 13.1. The molecule has 3 N–H and O–H groups in total. The first-order chi connectivity index (χ1) is 12.8. The van der Waals surface area contributed by atoms with Crippen LogP contribution < -0.4 is 5.32 Å². The second kappa shape index (κ2) is 6.31. The molecule has 0 unspecified atom stereocenters. The van der Waals surface area contributed by atoms with E-state index >= 15 is 0 Å². The monoisotopic (exact) mass is 382 g/mol. The fraction of sp³-hybridized carbons (Fsp3) is 0.211. The minimum absolute atomic E-state index is 0.0329. The number of aromatic nitrogens is 3. The van der Waals surface area contributed by atoms with E-state index < -0.39 is 0 Å². The van der Waals surface area contributed by atoms with Crippen LogP contribution in [0.5, 0.6) is 11.5 Å². The van der Waals surface area contributed by atoms with Gasteiger partial charge in [0.1, 0.15) is 11.5 Å². The van der Waals surface area contributed by atoms with Gasteiger partial charge in [0.05, 0.1) is 17.7 Å². The molecular weight excluding hydrogens is 364 g/mol. The van der Waals surface area contributed by atoms with Crippen LogP contribution in [0.2, 0.25) is 0 Å². The summed E-state index contributed by atoms with van der Waals surface area (Å²) in [7, 11) is 0. The van der Waals surface area contributed by atoms with Gasteiger partial charge in [-0.25, -0.2) is 0 Å². The Morgan fingerprint density at radius 1 is 1.15 bits per heavy atom. The molecule has 7 nitrogen and oxygen atoms in total. The minimum atomic E-state index is -0.100. The van der Waals surface area contributed by atoms with Crippen molar-refractivity contribution >= 4 is 24.2 Å². The van der Waals surface area contributed by atoms with Gasteiger partial charge in [0.2, 0.25) is 5.91 Å². The number of carbonyl (C=O) groups is 1. The average Bonchev–Trinajstić information content (AvgIpc) is 3.15.